The highest BCUT2D eigenvalue weighted by molar-refractivity contribution is 7.18. The van der Waals surface area contributed by atoms with Crippen LogP contribution in [0.5, 0.6) is 5.75 Å². The zero-order valence-corrected chi connectivity index (χ0v) is 18.7. The van der Waals surface area contributed by atoms with Gasteiger partial charge in [0.25, 0.3) is 0 Å². The standard InChI is InChI=1S/C25H26N4OS/c1-3-21-17-22-24(26-23(27-25(22)31-21)18-7-5-4-6-8-18)29-15-13-28(14-16-29)19-9-11-20(30-2)12-10-19/h4-12,17H,3,13-16H2,1-2H3. The number of hydrogen-bond acceptors (Lipinski definition) is 6. The van der Waals surface area contributed by atoms with E-state index in [2.05, 4.69) is 47.1 Å². The van der Waals surface area contributed by atoms with E-state index in [1.54, 1.807) is 18.4 Å². The second kappa shape index (κ2) is 8.55. The molecule has 1 aliphatic heterocycles. The lowest BCUT2D eigenvalue weighted by atomic mass is 10.2. The molecule has 0 aliphatic carbocycles. The summed E-state index contributed by atoms with van der Waals surface area (Å²) in [6.07, 6.45) is 1.02. The number of fused-ring (bicyclic) bond motifs is 1. The maximum absolute atomic E-state index is 5.29. The molecule has 5 rings (SSSR count). The zero-order valence-electron chi connectivity index (χ0n) is 17.9. The number of thiophene rings is 1. The fourth-order valence-electron chi connectivity index (χ4n) is 4.06. The molecule has 0 N–H and O–H groups in total. The Morgan fingerprint density at radius 3 is 2.29 bits per heavy atom. The topological polar surface area (TPSA) is 41.5 Å². The minimum atomic E-state index is 0.810. The molecule has 0 amide bonds. The highest BCUT2D eigenvalue weighted by Crippen LogP contribution is 2.34. The van der Waals surface area contributed by atoms with Crippen molar-refractivity contribution >= 4 is 33.1 Å². The van der Waals surface area contributed by atoms with Crippen LogP contribution in [0.2, 0.25) is 0 Å². The molecule has 0 radical (unpaired) electrons. The summed E-state index contributed by atoms with van der Waals surface area (Å²) in [5, 5.41) is 1.18. The third-order valence-corrected chi connectivity index (χ3v) is 6.99. The van der Waals surface area contributed by atoms with E-state index < -0.39 is 0 Å². The molecular weight excluding hydrogens is 404 g/mol. The lowest BCUT2D eigenvalue weighted by Crippen LogP contribution is -2.47. The summed E-state index contributed by atoms with van der Waals surface area (Å²) in [6, 6.07) is 20.9. The van der Waals surface area contributed by atoms with Crippen LogP contribution in [0.25, 0.3) is 21.6 Å². The van der Waals surface area contributed by atoms with Crippen LogP contribution in [0, 0.1) is 0 Å². The molecule has 2 aromatic heterocycles. The molecule has 1 saturated heterocycles. The van der Waals surface area contributed by atoms with Crippen LogP contribution >= 0.6 is 11.3 Å². The minimum absolute atomic E-state index is 0.810. The Labute approximate surface area is 186 Å². The summed E-state index contributed by atoms with van der Waals surface area (Å²) in [6.45, 7) is 5.99. The Kier molecular flexibility index (Phi) is 5.47. The van der Waals surface area contributed by atoms with Crippen molar-refractivity contribution in [1.82, 2.24) is 9.97 Å². The molecule has 0 unspecified atom stereocenters. The van der Waals surface area contributed by atoms with E-state index in [1.165, 1.54) is 16.0 Å². The van der Waals surface area contributed by atoms with Gasteiger partial charge in [-0.05, 0) is 36.8 Å². The number of benzene rings is 2. The van der Waals surface area contributed by atoms with Gasteiger partial charge in [-0.25, -0.2) is 9.97 Å². The lowest BCUT2D eigenvalue weighted by molar-refractivity contribution is 0.415. The summed E-state index contributed by atoms with van der Waals surface area (Å²) in [4.78, 5) is 17.2. The normalized spacial score (nSPS) is 14.3. The first-order chi connectivity index (χ1) is 15.2. The van der Waals surface area contributed by atoms with Crippen LogP contribution in [-0.4, -0.2) is 43.3 Å². The van der Waals surface area contributed by atoms with Crippen molar-refractivity contribution in [2.75, 3.05) is 43.1 Å². The van der Waals surface area contributed by atoms with Gasteiger partial charge in [-0.15, -0.1) is 11.3 Å². The quantitative estimate of drug-likeness (QED) is 0.432. The fourth-order valence-corrected chi connectivity index (χ4v) is 5.02. The predicted octanol–water partition coefficient (Wildman–Crippen LogP) is 5.26. The van der Waals surface area contributed by atoms with Gasteiger partial charge in [-0.3, -0.25) is 0 Å². The highest BCUT2D eigenvalue weighted by atomic mass is 32.1. The van der Waals surface area contributed by atoms with Gasteiger partial charge in [0.15, 0.2) is 5.82 Å². The molecule has 1 aliphatic rings. The maximum Gasteiger partial charge on any atom is 0.163 e. The summed E-state index contributed by atoms with van der Waals surface area (Å²) >= 11 is 1.79. The number of piperazine rings is 1. The zero-order chi connectivity index (χ0) is 21.2. The minimum Gasteiger partial charge on any atom is -0.497 e. The van der Waals surface area contributed by atoms with Crippen LogP contribution in [0.15, 0.2) is 60.7 Å². The van der Waals surface area contributed by atoms with Crippen LogP contribution in [-0.2, 0) is 6.42 Å². The number of aromatic nitrogens is 2. The molecule has 5 nitrogen and oxygen atoms in total. The Bertz CT molecular complexity index is 1170. The maximum atomic E-state index is 5.29. The first-order valence-electron chi connectivity index (χ1n) is 10.7. The molecule has 6 heteroatoms. The van der Waals surface area contributed by atoms with Crippen LogP contribution in [0.1, 0.15) is 11.8 Å². The van der Waals surface area contributed by atoms with Crippen molar-refractivity contribution in [3.8, 4) is 17.1 Å². The van der Waals surface area contributed by atoms with E-state index >= 15 is 0 Å². The largest absolute Gasteiger partial charge is 0.497 e. The fraction of sp³-hybridized carbons (Fsp3) is 0.280. The summed E-state index contributed by atoms with van der Waals surface area (Å²) in [5.41, 5.74) is 2.30. The smallest absolute Gasteiger partial charge is 0.163 e. The van der Waals surface area contributed by atoms with E-state index in [0.717, 1.165) is 60.4 Å². The molecular formula is C25H26N4OS. The number of methoxy groups -OCH3 is 1. The lowest BCUT2D eigenvalue weighted by Gasteiger charge is -2.37. The molecule has 31 heavy (non-hydrogen) atoms. The Morgan fingerprint density at radius 1 is 0.903 bits per heavy atom. The molecule has 0 saturated carbocycles. The van der Waals surface area contributed by atoms with Gasteiger partial charge in [-0.1, -0.05) is 37.3 Å². The second-order valence-corrected chi connectivity index (χ2v) is 8.81. The molecule has 0 atom stereocenters. The third kappa shape index (κ3) is 3.95. The second-order valence-electron chi connectivity index (χ2n) is 7.69. The first-order valence-corrected chi connectivity index (χ1v) is 11.6. The van der Waals surface area contributed by atoms with E-state index in [-0.39, 0.29) is 0 Å². The number of nitrogens with zero attached hydrogens (tertiary/aromatic N) is 4. The third-order valence-electron chi connectivity index (χ3n) is 5.82. The van der Waals surface area contributed by atoms with Gasteiger partial charge >= 0.3 is 0 Å². The number of ether oxygens (including phenoxy) is 1. The van der Waals surface area contributed by atoms with E-state index in [9.17, 15) is 0 Å². The summed E-state index contributed by atoms with van der Waals surface area (Å²) in [5.74, 6) is 2.77. The Balaban J connectivity index is 1.44. The van der Waals surface area contributed by atoms with Crippen molar-refractivity contribution < 1.29 is 4.74 Å². The highest BCUT2D eigenvalue weighted by Gasteiger charge is 2.22. The van der Waals surface area contributed by atoms with Crippen molar-refractivity contribution in [3.05, 3.63) is 65.5 Å². The van der Waals surface area contributed by atoms with Gasteiger partial charge in [0.1, 0.15) is 16.4 Å². The van der Waals surface area contributed by atoms with Crippen molar-refractivity contribution in [3.63, 3.8) is 0 Å². The van der Waals surface area contributed by atoms with Gasteiger partial charge in [0.2, 0.25) is 0 Å². The van der Waals surface area contributed by atoms with Crippen molar-refractivity contribution in [2.45, 2.75) is 13.3 Å². The van der Waals surface area contributed by atoms with E-state index in [0.29, 0.717) is 0 Å². The summed E-state index contributed by atoms with van der Waals surface area (Å²) in [7, 11) is 1.70. The van der Waals surface area contributed by atoms with E-state index in [1.807, 2.05) is 30.3 Å². The molecule has 2 aromatic carbocycles. The van der Waals surface area contributed by atoms with Gasteiger partial charge in [0.05, 0.1) is 12.5 Å². The summed E-state index contributed by atoms with van der Waals surface area (Å²) < 4.78 is 5.29. The van der Waals surface area contributed by atoms with Gasteiger partial charge in [-0.2, -0.15) is 0 Å². The molecule has 4 aromatic rings. The molecule has 1 fully saturated rings. The SMILES string of the molecule is CCc1cc2c(N3CCN(c4ccc(OC)cc4)CC3)nc(-c3ccccc3)nc2s1. The van der Waals surface area contributed by atoms with Gasteiger partial charge < -0.3 is 14.5 Å². The van der Waals surface area contributed by atoms with E-state index in [4.69, 9.17) is 14.7 Å². The first kappa shape index (κ1) is 19.8. The number of rotatable bonds is 5. The molecule has 0 spiro atoms. The van der Waals surface area contributed by atoms with Crippen molar-refractivity contribution in [2.24, 2.45) is 0 Å². The van der Waals surface area contributed by atoms with Crippen LogP contribution < -0.4 is 14.5 Å². The predicted molar refractivity (Wildman–Crippen MR) is 130 cm³/mol. The average Bonchev–Trinajstić information content (AvgIpc) is 3.28. The molecule has 158 valence electrons. The number of aryl methyl sites for hydroxylation is 1. The van der Waals surface area contributed by atoms with Gasteiger partial charge in [0, 0.05) is 42.3 Å². The van der Waals surface area contributed by atoms with Crippen LogP contribution in [0.4, 0.5) is 11.5 Å². The number of hydrogen-bond donors (Lipinski definition) is 0. The number of anilines is 2. The molecule has 3 heterocycles. The van der Waals surface area contributed by atoms with Crippen LogP contribution in [0.3, 0.4) is 0 Å². The molecule has 0 bridgehead atoms. The Morgan fingerprint density at radius 2 is 1.61 bits per heavy atom. The Hall–Kier alpha value is -3.12. The monoisotopic (exact) mass is 430 g/mol. The average molecular weight is 431 g/mol. The van der Waals surface area contributed by atoms with Crippen molar-refractivity contribution in [1.29, 1.82) is 0 Å².